The molecule has 2 aliphatic heterocycles. The van der Waals surface area contributed by atoms with Crippen LogP contribution in [0.15, 0.2) is 23.0 Å². The Morgan fingerprint density at radius 1 is 1.50 bits per heavy atom. The van der Waals surface area contributed by atoms with Gasteiger partial charge in [0.15, 0.2) is 0 Å². The first-order chi connectivity index (χ1) is 6.77. The number of rotatable bonds is 0. The topological polar surface area (TPSA) is 29.5 Å². The molecular formula is C11H13NO2. The second-order valence-electron chi connectivity index (χ2n) is 4.26. The highest BCUT2D eigenvalue weighted by atomic mass is 16.5. The van der Waals surface area contributed by atoms with E-state index in [2.05, 4.69) is 0 Å². The molecule has 14 heavy (non-hydrogen) atoms. The minimum absolute atomic E-state index is 0.214. The third-order valence-electron chi connectivity index (χ3n) is 3.40. The molecule has 0 N–H and O–H groups in total. The summed E-state index contributed by atoms with van der Waals surface area (Å²) in [5.74, 6) is 0.763. The van der Waals surface area contributed by atoms with E-state index in [0.29, 0.717) is 5.92 Å². The number of carbonyl (C=O) groups is 1. The zero-order chi connectivity index (χ0) is 9.71. The van der Waals surface area contributed by atoms with Crippen molar-refractivity contribution >= 4 is 5.91 Å². The summed E-state index contributed by atoms with van der Waals surface area (Å²) in [4.78, 5) is 13.5. The first-order valence-corrected chi connectivity index (χ1v) is 5.07. The lowest BCUT2D eigenvalue weighted by molar-refractivity contribution is -0.124. The third kappa shape index (κ3) is 0.897. The quantitative estimate of drug-likeness (QED) is 0.573. The Morgan fingerprint density at radius 3 is 3.21 bits per heavy atom. The monoisotopic (exact) mass is 191 g/mol. The van der Waals surface area contributed by atoms with E-state index in [9.17, 15) is 4.79 Å². The van der Waals surface area contributed by atoms with Gasteiger partial charge in [0, 0.05) is 25.1 Å². The number of likely N-dealkylation sites (N-methyl/N-ethyl adjacent to an activating group) is 1. The van der Waals surface area contributed by atoms with Crippen LogP contribution in [0.3, 0.4) is 0 Å². The summed E-state index contributed by atoms with van der Waals surface area (Å²) in [6.45, 7) is 1.59. The van der Waals surface area contributed by atoms with Crippen molar-refractivity contribution in [1.29, 1.82) is 0 Å². The molecule has 1 aliphatic carbocycles. The molecule has 3 aliphatic rings. The second-order valence-corrected chi connectivity index (χ2v) is 4.26. The lowest BCUT2D eigenvalue weighted by Gasteiger charge is -2.19. The van der Waals surface area contributed by atoms with E-state index < -0.39 is 0 Å². The SMILES string of the molecule is CN1CC2=C(CCC3COC=C23)C1=O. The van der Waals surface area contributed by atoms with Crippen LogP contribution >= 0.6 is 0 Å². The second kappa shape index (κ2) is 2.62. The lowest BCUT2D eigenvalue weighted by Crippen LogP contribution is -2.21. The van der Waals surface area contributed by atoms with E-state index in [4.69, 9.17) is 4.74 Å². The predicted octanol–water partition coefficient (Wildman–Crippen LogP) is 1.08. The number of ether oxygens (including phenoxy) is 1. The van der Waals surface area contributed by atoms with E-state index in [-0.39, 0.29) is 5.91 Å². The van der Waals surface area contributed by atoms with Crippen molar-refractivity contribution in [3.8, 4) is 0 Å². The van der Waals surface area contributed by atoms with E-state index in [1.165, 1.54) is 11.1 Å². The Bertz CT molecular complexity index is 367. The predicted molar refractivity (Wildman–Crippen MR) is 51.4 cm³/mol. The molecule has 0 bridgehead atoms. The van der Waals surface area contributed by atoms with Crippen molar-refractivity contribution in [1.82, 2.24) is 4.90 Å². The Kier molecular flexibility index (Phi) is 1.52. The fourth-order valence-electron chi connectivity index (χ4n) is 2.60. The van der Waals surface area contributed by atoms with Crippen LogP contribution in [-0.2, 0) is 9.53 Å². The summed E-state index contributed by atoms with van der Waals surface area (Å²) in [5, 5.41) is 0. The van der Waals surface area contributed by atoms with Gasteiger partial charge in [-0.1, -0.05) is 0 Å². The first kappa shape index (κ1) is 8.09. The van der Waals surface area contributed by atoms with Crippen molar-refractivity contribution in [3.63, 3.8) is 0 Å². The number of hydrogen-bond donors (Lipinski definition) is 0. The Morgan fingerprint density at radius 2 is 2.36 bits per heavy atom. The third-order valence-corrected chi connectivity index (χ3v) is 3.40. The molecule has 0 radical (unpaired) electrons. The van der Waals surface area contributed by atoms with Gasteiger partial charge in [0.1, 0.15) is 0 Å². The van der Waals surface area contributed by atoms with Gasteiger partial charge in [0.25, 0.3) is 0 Å². The number of fused-ring (bicyclic) bond motifs is 2. The van der Waals surface area contributed by atoms with Gasteiger partial charge in [0.05, 0.1) is 12.9 Å². The van der Waals surface area contributed by atoms with E-state index >= 15 is 0 Å². The number of hydrogen-bond acceptors (Lipinski definition) is 2. The standard InChI is InChI=1S/C11H13NO2/c1-12-4-9-8(11(12)13)3-2-7-5-14-6-10(7)9/h6-7H,2-5H2,1H3. The summed E-state index contributed by atoms with van der Waals surface area (Å²) < 4.78 is 5.34. The molecule has 0 aromatic heterocycles. The number of nitrogens with zero attached hydrogens (tertiary/aromatic N) is 1. The van der Waals surface area contributed by atoms with Crippen LogP contribution in [0.4, 0.5) is 0 Å². The molecule has 1 unspecified atom stereocenters. The van der Waals surface area contributed by atoms with Crippen molar-refractivity contribution in [2.45, 2.75) is 12.8 Å². The molecule has 3 heteroatoms. The molecule has 0 aromatic rings. The minimum Gasteiger partial charge on any atom is -0.500 e. The van der Waals surface area contributed by atoms with Crippen LogP contribution in [0.25, 0.3) is 0 Å². The van der Waals surface area contributed by atoms with Gasteiger partial charge >= 0.3 is 0 Å². The molecule has 1 atom stereocenters. The summed E-state index contributed by atoms with van der Waals surface area (Å²) in [6, 6.07) is 0. The van der Waals surface area contributed by atoms with Crippen LogP contribution in [-0.4, -0.2) is 31.0 Å². The van der Waals surface area contributed by atoms with Gasteiger partial charge in [-0.25, -0.2) is 0 Å². The van der Waals surface area contributed by atoms with E-state index in [1.807, 2.05) is 13.3 Å². The molecule has 0 fully saturated rings. The maximum Gasteiger partial charge on any atom is 0.250 e. The van der Waals surface area contributed by atoms with Gasteiger partial charge in [-0.2, -0.15) is 0 Å². The van der Waals surface area contributed by atoms with Gasteiger partial charge < -0.3 is 9.64 Å². The molecule has 1 amide bonds. The molecular weight excluding hydrogens is 178 g/mol. The van der Waals surface area contributed by atoms with E-state index in [0.717, 1.165) is 31.6 Å². The lowest BCUT2D eigenvalue weighted by atomic mass is 9.82. The smallest absolute Gasteiger partial charge is 0.250 e. The fourth-order valence-corrected chi connectivity index (χ4v) is 2.60. The molecule has 0 saturated carbocycles. The summed E-state index contributed by atoms with van der Waals surface area (Å²) in [6.07, 6.45) is 3.86. The summed E-state index contributed by atoms with van der Waals surface area (Å²) >= 11 is 0. The maximum atomic E-state index is 11.7. The highest BCUT2D eigenvalue weighted by Gasteiger charge is 2.37. The van der Waals surface area contributed by atoms with Crippen LogP contribution in [0, 0.1) is 5.92 Å². The summed E-state index contributed by atoms with van der Waals surface area (Å²) in [7, 11) is 1.87. The molecule has 3 nitrogen and oxygen atoms in total. The van der Waals surface area contributed by atoms with Gasteiger partial charge in [-0.15, -0.1) is 0 Å². The first-order valence-electron chi connectivity index (χ1n) is 5.07. The van der Waals surface area contributed by atoms with Crippen LogP contribution < -0.4 is 0 Å². The minimum atomic E-state index is 0.214. The average molecular weight is 191 g/mol. The zero-order valence-corrected chi connectivity index (χ0v) is 8.25. The molecule has 2 heterocycles. The number of amides is 1. The molecule has 0 aromatic carbocycles. The Balaban J connectivity index is 2.05. The van der Waals surface area contributed by atoms with Crippen LogP contribution in [0.1, 0.15) is 12.8 Å². The van der Waals surface area contributed by atoms with Gasteiger partial charge in [0.2, 0.25) is 5.91 Å². The van der Waals surface area contributed by atoms with Crippen molar-refractivity contribution in [3.05, 3.63) is 23.0 Å². The fraction of sp³-hybridized carbons (Fsp3) is 0.545. The zero-order valence-electron chi connectivity index (χ0n) is 8.25. The van der Waals surface area contributed by atoms with Gasteiger partial charge in [-0.05, 0) is 24.0 Å². The molecule has 74 valence electrons. The number of carbonyl (C=O) groups excluding carboxylic acids is 1. The van der Waals surface area contributed by atoms with E-state index in [1.54, 1.807) is 4.90 Å². The normalized spacial score (nSPS) is 30.1. The van der Waals surface area contributed by atoms with Crippen molar-refractivity contribution < 1.29 is 9.53 Å². The van der Waals surface area contributed by atoms with Crippen molar-refractivity contribution in [2.24, 2.45) is 5.92 Å². The Labute approximate surface area is 83.0 Å². The van der Waals surface area contributed by atoms with Crippen LogP contribution in [0.5, 0.6) is 0 Å². The highest BCUT2D eigenvalue weighted by molar-refractivity contribution is 5.98. The summed E-state index contributed by atoms with van der Waals surface area (Å²) in [5.41, 5.74) is 3.55. The molecule has 0 spiro atoms. The largest absolute Gasteiger partial charge is 0.500 e. The Hall–Kier alpha value is -1.25. The maximum absolute atomic E-state index is 11.7. The highest BCUT2D eigenvalue weighted by Crippen LogP contribution is 2.41. The van der Waals surface area contributed by atoms with Crippen molar-refractivity contribution in [2.75, 3.05) is 20.2 Å². The van der Waals surface area contributed by atoms with Gasteiger partial charge in [-0.3, -0.25) is 4.79 Å². The molecule has 0 saturated heterocycles. The molecule has 3 rings (SSSR count). The van der Waals surface area contributed by atoms with Crippen LogP contribution in [0.2, 0.25) is 0 Å². The average Bonchev–Trinajstić information content (AvgIpc) is 2.73.